The number of halogens is 1. The summed E-state index contributed by atoms with van der Waals surface area (Å²) in [7, 11) is 2.08. The van der Waals surface area contributed by atoms with Gasteiger partial charge < -0.3 is 15.0 Å². The van der Waals surface area contributed by atoms with Crippen LogP contribution in [0, 0.1) is 13.8 Å². The highest BCUT2D eigenvalue weighted by Gasteiger charge is 2.19. The van der Waals surface area contributed by atoms with E-state index < -0.39 is 0 Å². The van der Waals surface area contributed by atoms with E-state index in [2.05, 4.69) is 27.6 Å². The van der Waals surface area contributed by atoms with Crippen LogP contribution in [0.4, 0.5) is 9.93 Å². The summed E-state index contributed by atoms with van der Waals surface area (Å²) in [6.45, 7) is 5.79. The number of benzene rings is 1. The van der Waals surface area contributed by atoms with Gasteiger partial charge in [-0.05, 0) is 44.2 Å². The number of nitrogens with one attached hydrogen (secondary N) is 2. The minimum Gasteiger partial charge on any atom is -0.473 e. The van der Waals surface area contributed by atoms with Gasteiger partial charge in [-0.25, -0.2) is 9.78 Å². The van der Waals surface area contributed by atoms with Crippen LogP contribution in [0.3, 0.4) is 0 Å². The molecule has 0 radical (unpaired) electrons. The largest absolute Gasteiger partial charge is 0.473 e. The van der Waals surface area contributed by atoms with Gasteiger partial charge in [-0.2, -0.15) is 0 Å². The molecular weight excluding hydrogens is 360 g/mol. The maximum atomic E-state index is 12.0. The summed E-state index contributed by atoms with van der Waals surface area (Å²) in [6, 6.07) is 3.36. The van der Waals surface area contributed by atoms with Crippen molar-refractivity contribution in [2.75, 3.05) is 25.6 Å². The number of rotatable bonds is 4. The van der Waals surface area contributed by atoms with Crippen molar-refractivity contribution < 1.29 is 9.53 Å². The summed E-state index contributed by atoms with van der Waals surface area (Å²) in [5.41, 5.74) is 2.97. The van der Waals surface area contributed by atoms with Gasteiger partial charge in [0.25, 0.3) is 0 Å². The first-order valence-corrected chi connectivity index (χ1v) is 9.23. The van der Waals surface area contributed by atoms with E-state index in [4.69, 9.17) is 16.3 Å². The zero-order chi connectivity index (χ0) is 18.0. The fourth-order valence-electron chi connectivity index (χ4n) is 2.69. The number of hydrogen-bond donors (Lipinski definition) is 2. The maximum absolute atomic E-state index is 12.0. The molecule has 1 aromatic carbocycles. The Morgan fingerprint density at radius 1 is 1.40 bits per heavy atom. The van der Waals surface area contributed by atoms with Crippen LogP contribution in [0.1, 0.15) is 21.7 Å². The number of likely N-dealkylation sites (N-methyl/N-ethyl adjacent to an activating group) is 1. The fourth-order valence-corrected chi connectivity index (χ4v) is 3.88. The summed E-state index contributed by atoms with van der Waals surface area (Å²) in [4.78, 5) is 19.9. The van der Waals surface area contributed by atoms with Crippen LogP contribution in [0.5, 0.6) is 5.75 Å². The maximum Gasteiger partial charge on any atom is 0.323 e. The van der Waals surface area contributed by atoms with Crippen LogP contribution in [0.15, 0.2) is 12.1 Å². The number of fused-ring (bicyclic) bond motifs is 1. The summed E-state index contributed by atoms with van der Waals surface area (Å²) in [5, 5.41) is 6.80. The van der Waals surface area contributed by atoms with Crippen LogP contribution < -0.4 is 15.4 Å². The van der Waals surface area contributed by atoms with Crippen LogP contribution in [0.2, 0.25) is 5.02 Å². The average Bonchev–Trinajstić information content (AvgIpc) is 2.93. The van der Waals surface area contributed by atoms with E-state index in [1.807, 2.05) is 26.0 Å². The number of aryl methyl sites for hydroxylation is 2. The highest BCUT2D eigenvalue weighted by Crippen LogP contribution is 2.28. The Kier molecular flexibility index (Phi) is 5.46. The number of hydrogen-bond acceptors (Lipinski definition) is 5. The Balaban J connectivity index is 1.50. The van der Waals surface area contributed by atoms with Gasteiger partial charge in [-0.3, -0.25) is 5.32 Å². The van der Waals surface area contributed by atoms with E-state index in [0.717, 1.165) is 41.4 Å². The van der Waals surface area contributed by atoms with Crippen LogP contribution in [0.25, 0.3) is 0 Å². The Hall–Kier alpha value is -1.83. The SMILES string of the molecule is Cc1cc(OCNC(=O)Nc2nc3c(s2)CN(C)CC3)cc(C)c1Cl. The van der Waals surface area contributed by atoms with Crippen molar-refractivity contribution in [2.45, 2.75) is 26.8 Å². The van der Waals surface area contributed by atoms with Crippen molar-refractivity contribution >= 4 is 34.1 Å². The van der Waals surface area contributed by atoms with Crippen LogP contribution in [-0.2, 0) is 13.0 Å². The molecule has 0 saturated heterocycles. The molecular formula is C17H21ClN4O2S. The molecule has 0 aliphatic carbocycles. The summed E-state index contributed by atoms with van der Waals surface area (Å²) >= 11 is 7.65. The molecule has 0 atom stereocenters. The van der Waals surface area contributed by atoms with Crippen molar-refractivity contribution in [3.8, 4) is 5.75 Å². The molecule has 1 aliphatic rings. The predicted octanol–water partition coefficient (Wildman–Crippen LogP) is 3.56. The Bertz CT molecular complexity index is 770. The minimum absolute atomic E-state index is 0.0696. The average molecular weight is 381 g/mol. The monoisotopic (exact) mass is 380 g/mol. The van der Waals surface area contributed by atoms with Crippen LogP contribution >= 0.6 is 22.9 Å². The van der Waals surface area contributed by atoms with Crippen molar-refractivity contribution in [1.29, 1.82) is 0 Å². The van der Waals surface area contributed by atoms with Crippen molar-refractivity contribution in [2.24, 2.45) is 0 Å². The Morgan fingerprint density at radius 2 is 2.12 bits per heavy atom. The number of aromatic nitrogens is 1. The first-order valence-electron chi connectivity index (χ1n) is 8.04. The minimum atomic E-state index is -0.332. The fraction of sp³-hybridized carbons (Fsp3) is 0.412. The van der Waals surface area contributed by atoms with E-state index >= 15 is 0 Å². The zero-order valence-electron chi connectivity index (χ0n) is 14.5. The third kappa shape index (κ3) is 4.42. The lowest BCUT2D eigenvalue weighted by atomic mass is 10.1. The van der Waals surface area contributed by atoms with Gasteiger partial charge in [-0.1, -0.05) is 11.6 Å². The number of carbonyl (C=O) groups excluding carboxylic acids is 1. The quantitative estimate of drug-likeness (QED) is 0.796. The second-order valence-corrected chi connectivity index (χ2v) is 7.63. The number of carbonyl (C=O) groups is 1. The van der Waals surface area contributed by atoms with E-state index in [1.54, 1.807) is 0 Å². The lowest BCUT2D eigenvalue weighted by Crippen LogP contribution is -2.32. The number of ether oxygens (including phenoxy) is 1. The highest BCUT2D eigenvalue weighted by molar-refractivity contribution is 7.15. The molecule has 0 fully saturated rings. The molecule has 2 amide bonds. The summed E-state index contributed by atoms with van der Waals surface area (Å²) in [5.74, 6) is 0.674. The lowest BCUT2D eigenvalue weighted by Gasteiger charge is -2.20. The number of urea groups is 1. The standard InChI is InChI=1S/C17H21ClN4O2S/c1-10-6-12(7-11(2)15(10)18)24-9-19-16(23)21-17-20-13-4-5-22(3)8-14(13)25-17/h6-7H,4-5,8-9H2,1-3H3,(H2,19,20,21,23). The van der Waals surface area contributed by atoms with Gasteiger partial charge in [0.15, 0.2) is 11.9 Å². The van der Waals surface area contributed by atoms with E-state index in [-0.39, 0.29) is 12.8 Å². The Labute approximate surface area is 156 Å². The molecule has 2 aromatic rings. The molecule has 0 spiro atoms. The third-order valence-electron chi connectivity index (χ3n) is 4.02. The van der Waals surface area contributed by atoms with Crippen LogP contribution in [-0.4, -0.2) is 36.2 Å². The van der Waals surface area contributed by atoms with Gasteiger partial charge in [0.1, 0.15) is 5.75 Å². The Morgan fingerprint density at radius 3 is 2.84 bits per heavy atom. The van der Waals surface area contributed by atoms with E-state index in [9.17, 15) is 4.79 Å². The molecule has 3 rings (SSSR count). The highest BCUT2D eigenvalue weighted by atomic mass is 35.5. The molecule has 1 aliphatic heterocycles. The molecule has 25 heavy (non-hydrogen) atoms. The lowest BCUT2D eigenvalue weighted by molar-refractivity contribution is 0.234. The van der Waals surface area contributed by atoms with Crippen molar-refractivity contribution in [1.82, 2.24) is 15.2 Å². The van der Waals surface area contributed by atoms with Gasteiger partial charge in [0.2, 0.25) is 0 Å². The topological polar surface area (TPSA) is 66.5 Å². The van der Waals surface area contributed by atoms with Gasteiger partial charge in [0, 0.05) is 29.4 Å². The summed E-state index contributed by atoms with van der Waals surface area (Å²) < 4.78 is 5.57. The molecule has 0 bridgehead atoms. The van der Waals surface area contributed by atoms with E-state index in [0.29, 0.717) is 10.9 Å². The first kappa shape index (κ1) is 18.0. The van der Waals surface area contributed by atoms with Gasteiger partial charge >= 0.3 is 6.03 Å². The molecule has 2 heterocycles. The molecule has 8 heteroatoms. The molecule has 0 saturated carbocycles. The summed E-state index contributed by atoms with van der Waals surface area (Å²) in [6.07, 6.45) is 0.921. The number of thiazole rings is 1. The second kappa shape index (κ2) is 7.59. The van der Waals surface area contributed by atoms with Gasteiger partial charge in [-0.15, -0.1) is 11.3 Å². The molecule has 6 nitrogen and oxygen atoms in total. The number of amides is 2. The normalized spacial score (nSPS) is 14.1. The number of anilines is 1. The van der Waals surface area contributed by atoms with E-state index in [1.165, 1.54) is 16.2 Å². The van der Waals surface area contributed by atoms with Crippen molar-refractivity contribution in [3.05, 3.63) is 38.9 Å². The molecule has 2 N–H and O–H groups in total. The second-order valence-electron chi connectivity index (χ2n) is 6.17. The first-order chi connectivity index (χ1) is 11.9. The predicted molar refractivity (Wildman–Crippen MR) is 101 cm³/mol. The molecule has 134 valence electrons. The zero-order valence-corrected chi connectivity index (χ0v) is 16.1. The smallest absolute Gasteiger partial charge is 0.323 e. The molecule has 1 aromatic heterocycles. The molecule has 0 unspecified atom stereocenters. The van der Waals surface area contributed by atoms with Crippen molar-refractivity contribution in [3.63, 3.8) is 0 Å². The van der Waals surface area contributed by atoms with Gasteiger partial charge in [0.05, 0.1) is 5.69 Å². The number of nitrogens with zero attached hydrogens (tertiary/aromatic N) is 2. The third-order valence-corrected chi connectivity index (χ3v) is 5.62.